The monoisotopic (exact) mass is 298 g/mol. The van der Waals surface area contributed by atoms with Gasteiger partial charge in [-0.3, -0.25) is 0 Å². The SMILES string of the molecule is Fc1cc2c(cc1Br)N1CCCCCC1CN2. The highest BCUT2D eigenvalue weighted by Gasteiger charge is 2.27. The van der Waals surface area contributed by atoms with E-state index in [-0.39, 0.29) is 5.82 Å². The zero-order chi connectivity index (χ0) is 11.8. The van der Waals surface area contributed by atoms with Gasteiger partial charge in [0.25, 0.3) is 0 Å². The van der Waals surface area contributed by atoms with Crippen LogP contribution >= 0.6 is 15.9 Å². The molecular weight excluding hydrogens is 283 g/mol. The van der Waals surface area contributed by atoms with E-state index in [1.54, 1.807) is 6.07 Å². The number of rotatable bonds is 0. The van der Waals surface area contributed by atoms with E-state index in [4.69, 9.17) is 0 Å². The van der Waals surface area contributed by atoms with Gasteiger partial charge in [0, 0.05) is 25.2 Å². The smallest absolute Gasteiger partial charge is 0.139 e. The van der Waals surface area contributed by atoms with Gasteiger partial charge < -0.3 is 10.2 Å². The molecule has 3 rings (SSSR count). The zero-order valence-corrected chi connectivity index (χ0v) is 11.3. The van der Waals surface area contributed by atoms with E-state index in [9.17, 15) is 4.39 Å². The van der Waals surface area contributed by atoms with Gasteiger partial charge in [0.2, 0.25) is 0 Å². The molecule has 0 radical (unpaired) electrons. The molecule has 92 valence electrons. The Morgan fingerprint density at radius 1 is 1.29 bits per heavy atom. The van der Waals surface area contributed by atoms with Crippen LogP contribution in [0.4, 0.5) is 15.8 Å². The summed E-state index contributed by atoms with van der Waals surface area (Å²) in [5, 5.41) is 3.36. The third kappa shape index (κ3) is 2.03. The van der Waals surface area contributed by atoms with Gasteiger partial charge in [-0.25, -0.2) is 4.39 Å². The highest BCUT2D eigenvalue weighted by molar-refractivity contribution is 9.10. The molecule has 1 saturated heterocycles. The lowest BCUT2D eigenvalue weighted by atomic mass is 10.1. The van der Waals surface area contributed by atoms with Crippen molar-refractivity contribution in [2.75, 3.05) is 23.3 Å². The largest absolute Gasteiger partial charge is 0.381 e. The molecule has 1 unspecified atom stereocenters. The Kier molecular flexibility index (Phi) is 2.99. The number of nitrogens with one attached hydrogen (secondary N) is 1. The first kappa shape index (κ1) is 11.3. The Hall–Kier alpha value is -0.770. The third-order valence-corrected chi connectivity index (χ3v) is 4.36. The molecule has 0 aromatic heterocycles. The van der Waals surface area contributed by atoms with E-state index in [0.717, 1.165) is 24.5 Å². The lowest BCUT2D eigenvalue weighted by molar-refractivity contribution is 0.578. The fourth-order valence-corrected chi connectivity index (χ4v) is 3.18. The van der Waals surface area contributed by atoms with Gasteiger partial charge in [0.05, 0.1) is 15.8 Å². The van der Waals surface area contributed by atoms with Crippen LogP contribution in [0.3, 0.4) is 0 Å². The second-order valence-corrected chi connectivity index (χ2v) is 5.72. The fraction of sp³-hybridized carbons (Fsp3) is 0.538. The number of hydrogen-bond acceptors (Lipinski definition) is 2. The Morgan fingerprint density at radius 3 is 3.06 bits per heavy atom. The quantitative estimate of drug-likeness (QED) is 0.784. The van der Waals surface area contributed by atoms with E-state index in [1.165, 1.54) is 25.7 Å². The topological polar surface area (TPSA) is 15.3 Å². The van der Waals surface area contributed by atoms with Gasteiger partial charge in [-0.1, -0.05) is 12.8 Å². The lowest BCUT2D eigenvalue weighted by Crippen LogP contribution is -2.43. The number of fused-ring (bicyclic) bond motifs is 3. The standard InChI is InChI=1S/C13H16BrFN2/c14-10-6-13-12(7-11(10)15)16-8-9-4-2-1-3-5-17(9)13/h6-7,9,16H,1-5,8H2. The summed E-state index contributed by atoms with van der Waals surface area (Å²) in [7, 11) is 0. The molecule has 1 fully saturated rings. The average molecular weight is 299 g/mol. The number of halogens is 2. The summed E-state index contributed by atoms with van der Waals surface area (Å²) in [4.78, 5) is 2.45. The summed E-state index contributed by atoms with van der Waals surface area (Å²) < 4.78 is 14.1. The third-order valence-electron chi connectivity index (χ3n) is 3.75. The average Bonchev–Trinajstić information content (AvgIpc) is 2.56. The van der Waals surface area contributed by atoms with Crippen LogP contribution in [0.15, 0.2) is 16.6 Å². The minimum absolute atomic E-state index is 0.190. The highest BCUT2D eigenvalue weighted by Crippen LogP contribution is 2.37. The van der Waals surface area contributed by atoms with Crippen molar-refractivity contribution in [3.63, 3.8) is 0 Å². The van der Waals surface area contributed by atoms with Crippen molar-refractivity contribution >= 4 is 27.3 Å². The minimum atomic E-state index is -0.190. The summed E-state index contributed by atoms with van der Waals surface area (Å²) in [6, 6.07) is 4.08. The van der Waals surface area contributed by atoms with Gasteiger partial charge in [0.1, 0.15) is 5.82 Å². The van der Waals surface area contributed by atoms with Crippen LogP contribution < -0.4 is 10.2 Å². The van der Waals surface area contributed by atoms with Gasteiger partial charge in [-0.15, -0.1) is 0 Å². The van der Waals surface area contributed by atoms with E-state index in [1.807, 2.05) is 6.07 Å². The van der Waals surface area contributed by atoms with Crippen molar-refractivity contribution in [2.24, 2.45) is 0 Å². The van der Waals surface area contributed by atoms with Gasteiger partial charge >= 0.3 is 0 Å². The maximum absolute atomic E-state index is 13.5. The van der Waals surface area contributed by atoms with Crippen molar-refractivity contribution in [3.8, 4) is 0 Å². The molecule has 2 nitrogen and oxygen atoms in total. The first-order valence-corrected chi connectivity index (χ1v) is 7.04. The summed E-state index contributed by atoms with van der Waals surface area (Å²) in [6.07, 6.45) is 5.09. The number of nitrogens with zero attached hydrogens (tertiary/aromatic N) is 1. The molecule has 1 N–H and O–H groups in total. The Morgan fingerprint density at radius 2 is 2.18 bits per heavy atom. The van der Waals surface area contributed by atoms with Crippen molar-refractivity contribution < 1.29 is 4.39 Å². The Bertz CT molecular complexity index is 436. The zero-order valence-electron chi connectivity index (χ0n) is 9.68. The molecule has 4 heteroatoms. The molecule has 0 aliphatic carbocycles. The number of hydrogen-bond donors (Lipinski definition) is 1. The van der Waals surface area contributed by atoms with Crippen LogP contribution in [0.2, 0.25) is 0 Å². The summed E-state index contributed by atoms with van der Waals surface area (Å²) in [6.45, 7) is 2.03. The minimum Gasteiger partial charge on any atom is -0.381 e. The van der Waals surface area contributed by atoms with Crippen LogP contribution in [0, 0.1) is 5.82 Å². The van der Waals surface area contributed by atoms with Gasteiger partial charge in [0.15, 0.2) is 0 Å². The van der Waals surface area contributed by atoms with Crippen LogP contribution in [0.5, 0.6) is 0 Å². The second kappa shape index (κ2) is 4.48. The predicted molar refractivity (Wildman–Crippen MR) is 72.2 cm³/mol. The van der Waals surface area contributed by atoms with E-state index in [2.05, 4.69) is 26.1 Å². The summed E-state index contributed by atoms with van der Waals surface area (Å²) in [5.74, 6) is -0.190. The summed E-state index contributed by atoms with van der Waals surface area (Å²) >= 11 is 3.28. The van der Waals surface area contributed by atoms with Gasteiger partial charge in [-0.2, -0.15) is 0 Å². The van der Waals surface area contributed by atoms with Crippen molar-refractivity contribution in [2.45, 2.75) is 31.7 Å². The first-order chi connectivity index (χ1) is 8.25. The first-order valence-electron chi connectivity index (χ1n) is 6.25. The summed E-state index contributed by atoms with van der Waals surface area (Å²) in [5.41, 5.74) is 2.08. The number of anilines is 2. The van der Waals surface area contributed by atoms with Crippen LogP contribution in [-0.4, -0.2) is 19.1 Å². The van der Waals surface area contributed by atoms with Crippen molar-refractivity contribution in [1.82, 2.24) is 0 Å². The van der Waals surface area contributed by atoms with E-state index in [0.29, 0.717) is 10.5 Å². The molecule has 0 bridgehead atoms. The molecule has 17 heavy (non-hydrogen) atoms. The van der Waals surface area contributed by atoms with E-state index < -0.39 is 0 Å². The molecule has 0 saturated carbocycles. The number of benzene rings is 1. The van der Waals surface area contributed by atoms with Crippen LogP contribution in [0.25, 0.3) is 0 Å². The Labute approximate surface area is 109 Å². The predicted octanol–water partition coefficient (Wildman–Crippen LogP) is 3.76. The molecule has 1 atom stereocenters. The molecule has 1 aromatic carbocycles. The molecule has 2 heterocycles. The lowest BCUT2D eigenvalue weighted by Gasteiger charge is -2.38. The molecule has 0 amide bonds. The Balaban J connectivity index is 2.01. The second-order valence-electron chi connectivity index (χ2n) is 4.86. The normalized spacial score (nSPS) is 23.4. The van der Waals surface area contributed by atoms with Crippen LogP contribution in [0.1, 0.15) is 25.7 Å². The maximum Gasteiger partial charge on any atom is 0.139 e. The molecule has 0 spiro atoms. The van der Waals surface area contributed by atoms with E-state index >= 15 is 0 Å². The van der Waals surface area contributed by atoms with Crippen molar-refractivity contribution in [1.29, 1.82) is 0 Å². The molecule has 2 aliphatic rings. The fourth-order valence-electron chi connectivity index (χ4n) is 2.85. The molecular formula is C13H16BrFN2. The molecule has 2 aliphatic heterocycles. The molecule has 1 aromatic rings. The highest BCUT2D eigenvalue weighted by atomic mass is 79.9. The van der Waals surface area contributed by atoms with Gasteiger partial charge in [-0.05, 0) is 34.8 Å². The maximum atomic E-state index is 13.5. The van der Waals surface area contributed by atoms with Crippen LogP contribution in [-0.2, 0) is 0 Å². The van der Waals surface area contributed by atoms with Crippen molar-refractivity contribution in [3.05, 3.63) is 22.4 Å².